The number of benzene rings is 1. The highest BCUT2D eigenvalue weighted by Gasteiger charge is 2.46. The molecule has 2 aliphatic carbocycles. The van der Waals surface area contributed by atoms with Crippen LogP contribution in [0.25, 0.3) is 21.3 Å². The van der Waals surface area contributed by atoms with Crippen molar-refractivity contribution in [1.29, 1.82) is 0 Å². The fourth-order valence-electron chi connectivity index (χ4n) is 3.73. The third-order valence-electron chi connectivity index (χ3n) is 5.50. The molecule has 0 amide bonds. The van der Waals surface area contributed by atoms with E-state index in [0.717, 1.165) is 26.5 Å². The lowest BCUT2D eigenvalue weighted by Gasteiger charge is -2.14. The van der Waals surface area contributed by atoms with Crippen LogP contribution in [0.4, 0.5) is 13.9 Å². The molecule has 0 spiro atoms. The van der Waals surface area contributed by atoms with Gasteiger partial charge in [0, 0.05) is 42.4 Å². The first-order valence-corrected chi connectivity index (χ1v) is 11.0. The highest BCUT2D eigenvalue weighted by Crippen LogP contribution is 2.41. The van der Waals surface area contributed by atoms with E-state index in [1.165, 1.54) is 12.8 Å². The number of ether oxygens (including phenoxy) is 2. The Hall–Kier alpha value is -2.43. The number of hydrogen-bond acceptors (Lipinski definition) is 8. The Morgan fingerprint density at radius 2 is 2.00 bits per heavy atom. The summed E-state index contributed by atoms with van der Waals surface area (Å²) < 4.78 is 38.8. The minimum absolute atomic E-state index is 0.0424. The number of alkyl halides is 2. The van der Waals surface area contributed by atoms with E-state index in [-0.39, 0.29) is 6.61 Å². The predicted octanol–water partition coefficient (Wildman–Crippen LogP) is 4.01. The molecule has 0 saturated heterocycles. The third kappa shape index (κ3) is 4.32. The zero-order valence-electron chi connectivity index (χ0n) is 16.8. The van der Waals surface area contributed by atoms with Crippen molar-refractivity contribution < 1.29 is 23.4 Å². The molecule has 0 unspecified atom stereocenters. The number of hydrogen-bond donors (Lipinski definition) is 2. The second-order valence-corrected chi connectivity index (χ2v) is 9.00. The largest absolute Gasteiger partial charge is 0.495 e. The molecular weight excluding hydrogens is 426 g/mol. The Morgan fingerprint density at radius 1 is 1.23 bits per heavy atom. The minimum Gasteiger partial charge on any atom is -0.495 e. The summed E-state index contributed by atoms with van der Waals surface area (Å²) in [4.78, 5) is 13.2. The zero-order valence-corrected chi connectivity index (χ0v) is 17.7. The molecule has 7 nitrogen and oxygen atoms in total. The normalized spacial score (nSPS) is 22.7. The first-order valence-electron chi connectivity index (χ1n) is 10.1. The SMILES string of the molecule is COc1c(-c2cnc(CO[C@@H]3CC(F)(F)C[C@H]3O)nc2)ccc2nc(NC3CC3)sc12. The molecule has 2 N–H and O–H groups in total. The van der Waals surface area contributed by atoms with Gasteiger partial charge in [0.25, 0.3) is 5.92 Å². The Morgan fingerprint density at radius 3 is 2.65 bits per heavy atom. The molecule has 0 aliphatic heterocycles. The summed E-state index contributed by atoms with van der Waals surface area (Å²) in [6.07, 6.45) is 2.50. The maximum absolute atomic E-state index is 13.4. The maximum atomic E-state index is 13.4. The number of aromatic nitrogens is 3. The summed E-state index contributed by atoms with van der Waals surface area (Å²) in [6, 6.07) is 4.39. The van der Waals surface area contributed by atoms with Gasteiger partial charge in [-0.15, -0.1) is 0 Å². The van der Waals surface area contributed by atoms with Gasteiger partial charge in [-0.1, -0.05) is 11.3 Å². The van der Waals surface area contributed by atoms with Crippen molar-refractivity contribution in [3.8, 4) is 16.9 Å². The number of thiazole rings is 1. The lowest BCUT2D eigenvalue weighted by Crippen LogP contribution is -2.22. The number of nitrogens with zero attached hydrogens (tertiary/aromatic N) is 3. The van der Waals surface area contributed by atoms with Crippen LogP contribution >= 0.6 is 11.3 Å². The van der Waals surface area contributed by atoms with Crippen molar-refractivity contribution in [1.82, 2.24) is 15.0 Å². The second kappa shape index (κ2) is 7.92. The Labute approximate surface area is 181 Å². The predicted molar refractivity (Wildman–Crippen MR) is 113 cm³/mol. The number of rotatable bonds is 7. The molecule has 2 aliphatic rings. The van der Waals surface area contributed by atoms with Crippen LogP contribution < -0.4 is 10.1 Å². The average molecular weight is 448 g/mol. The molecule has 164 valence electrons. The van der Waals surface area contributed by atoms with E-state index >= 15 is 0 Å². The van der Waals surface area contributed by atoms with Crippen LogP contribution in [-0.4, -0.2) is 51.3 Å². The van der Waals surface area contributed by atoms with Gasteiger partial charge in [-0.3, -0.25) is 0 Å². The van der Waals surface area contributed by atoms with Crippen molar-refractivity contribution in [2.45, 2.75) is 56.5 Å². The van der Waals surface area contributed by atoms with Gasteiger partial charge >= 0.3 is 0 Å². The minimum atomic E-state index is -2.89. The van der Waals surface area contributed by atoms with E-state index < -0.39 is 31.0 Å². The molecule has 2 fully saturated rings. The summed E-state index contributed by atoms with van der Waals surface area (Å²) >= 11 is 1.56. The fourth-order valence-corrected chi connectivity index (χ4v) is 4.80. The Kier molecular flexibility index (Phi) is 5.23. The van der Waals surface area contributed by atoms with Crippen LogP contribution in [0.3, 0.4) is 0 Å². The topological polar surface area (TPSA) is 89.4 Å². The number of fused-ring (bicyclic) bond motifs is 1. The summed E-state index contributed by atoms with van der Waals surface area (Å²) in [7, 11) is 1.62. The maximum Gasteiger partial charge on any atom is 0.253 e. The van der Waals surface area contributed by atoms with Crippen LogP contribution in [0.2, 0.25) is 0 Å². The monoisotopic (exact) mass is 448 g/mol. The third-order valence-corrected chi connectivity index (χ3v) is 6.50. The lowest BCUT2D eigenvalue weighted by molar-refractivity contribution is -0.0366. The molecule has 31 heavy (non-hydrogen) atoms. The number of halogens is 2. The molecule has 10 heteroatoms. The summed E-state index contributed by atoms with van der Waals surface area (Å²) in [5, 5.41) is 14.0. The van der Waals surface area contributed by atoms with E-state index in [0.29, 0.717) is 17.6 Å². The van der Waals surface area contributed by atoms with E-state index in [4.69, 9.17) is 9.47 Å². The number of aliphatic hydroxyl groups is 1. The van der Waals surface area contributed by atoms with Gasteiger partial charge in [-0.25, -0.2) is 23.7 Å². The van der Waals surface area contributed by atoms with Gasteiger partial charge in [0.05, 0.1) is 29.5 Å². The number of aliphatic hydroxyl groups excluding tert-OH is 1. The number of nitrogens with one attached hydrogen (secondary N) is 1. The molecule has 1 aromatic carbocycles. The summed E-state index contributed by atoms with van der Waals surface area (Å²) in [5.74, 6) is -1.82. The molecule has 0 radical (unpaired) electrons. The van der Waals surface area contributed by atoms with Crippen LogP contribution in [0.1, 0.15) is 31.5 Å². The standard InChI is InChI=1S/C21H22F2N4O3S/c1-29-18-13(4-5-14-19(18)31-20(27-14)26-12-2-3-12)11-8-24-17(25-9-11)10-30-16-7-21(22,23)6-15(16)28/h4-5,8-9,12,15-16,28H,2-3,6-7,10H2,1H3,(H,26,27)/t15-,16-/m1/s1. The van der Waals surface area contributed by atoms with Crippen LogP contribution in [-0.2, 0) is 11.3 Å². The van der Waals surface area contributed by atoms with Gasteiger partial charge in [-0.2, -0.15) is 0 Å². The van der Waals surface area contributed by atoms with Crippen LogP contribution in [0.15, 0.2) is 24.5 Å². The van der Waals surface area contributed by atoms with Crippen LogP contribution in [0, 0.1) is 0 Å². The molecule has 2 saturated carbocycles. The molecule has 2 heterocycles. The van der Waals surface area contributed by atoms with E-state index in [2.05, 4.69) is 20.3 Å². The first kappa shape index (κ1) is 20.5. The fraction of sp³-hybridized carbons (Fsp3) is 0.476. The Bertz CT molecular complexity index is 1090. The van der Waals surface area contributed by atoms with Gasteiger partial charge in [0.1, 0.15) is 12.4 Å². The van der Waals surface area contributed by atoms with Crippen molar-refractivity contribution in [3.05, 3.63) is 30.4 Å². The van der Waals surface area contributed by atoms with Crippen molar-refractivity contribution in [2.24, 2.45) is 0 Å². The molecule has 0 bridgehead atoms. The average Bonchev–Trinajstić information content (AvgIpc) is 3.38. The lowest BCUT2D eigenvalue weighted by atomic mass is 10.1. The van der Waals surface area contributed by atoms with Crippen molar-refractivity contribution in [2.75, 3.05) is 12.4 Å². The quantitative estimate of drug-likeness (QED) is 0.564. The van der Waals surface area contributed by atoms with Gasteiger partial charge in [-0.05, 0) is 25.0 Å². The number of methoxy groups -OCH3 is 1. The molecule has 2 aromatic heterocycles. The van der Waals surface area contributed by atoms with Crippen molar-refractivity contribution in [3.63, 3.8) is 0 Å². The van der Waals surface area contributed by atoms with E-state index in [1.54, 1.807) is 30.8 Å². The highest BCUT2D eigenvalue weighted by molar-refractivity contribution is 7.22. The summed E-state index contributed by atoms with van der Waals surface area (Å²) in [6.45, 7) is -0.0424. The molecule has 3 aromatic rings. The molecular formula is C21H22F2N4O3S. The van der Waals surface area contributed by atoms with Gasteiger partial charge < -0.3 is 19.9 Å². The van der Waals surface area contributed by atoms with E-state index in [9.17, 15) is 13.9 Å². The van der Waals surface area contributed by atoms with Crippen molar-refractivity contribution >= 4 is 26.7 Å². The molecule has 5 rings (SSSR count). The number of anilines is 1. The second-order valence-electron chi connectivity index (χ2n) is 8.00. The van der Waals surface area contributed by atoms with Gasteiger partial charge in [0.2, 0.25) is 0 Å². The summed E-state index contributed by atoms with van der Waals surface area (Å²) in [5.41, 5.74) is 2.47. The van der Waals surface area contributed by atoms with E-state index in [1.807, 2.05) is 12.1 Å². The Balaban J connectivity index is 1.33. The van der Waals surface area contributed by atoms with Crippen LogP contribution in [0.5, 0.6) is 5.75 Å². The van der Waals surface area contributed by atoms with Gasteiger partial charge in [0.15, 0.2) is 11.0 Å². The zero-order chi connectivity index (χ0) is 21.6. The first-order chi connectivity index (χ1) is 14.9. The molecule has 2 atom stereocenters. The smallest absolute Gasteiger partial charge is 0.253 e. The highest BCUT2D eigenvalue weighted by atomic mass is 32.1.